The van der Waals surface area contributed by atoms with Gasteiger partial charge in [-0.05, 0) is 24.3 Å². The van der Waals surface area contributed by atoms with Crippen LogP contribution in [0.2, 0.25) is 0 Å². The van der Waals surface area contributed by atoms with E-state index in [0.29, 0.717) is 6.04 Å². The summed E-state index contributed by atoms with van der Waals surface area (Å²) < 4.78 is 5.12. The molecular formula is C13H18N4O. The number of aromatic nitrogens is 3. The number of nitrogens with one attached hydrogen (secondary N) is 1. The van der Waals surface area contributed by atoms with Gasteiger partial charge in [-0.15, -0.1) is 0 Å². The summed E-state index contributed by atoms with van der Waals surface area (Å²) in [5, 5.41) is 12.0. The first-order valence-electron chi connectivity index (χ1n) is 5.98. The van der Waals surface area contributed by atoms with Crippen molar-refractivity contribution in [2.75, 3.05) is 7.11 Å². The Morgan fingerprint density at radius 2 is 2.00 bits per heavy atom. The maximum Gasteiger partial charge on any atom is 0.119 e. The lowest BCUT2D eigenvalue weighted by atomic mass is 10.3. The van der Waals surface area contributed by atoms with E-state index in [1.807, 2.05) is 24.3 Å². The number of hydrogen-bond donors (Lipinski definition) is 1. The van der Waals surface area contributed by atoms with Gasteiger partial charge in [-0.1, -0.05) is 13.8 Å². The van der Waals surface area contributed by atoms with E-state index in [0.717, 1.165) is 23.7 Å². The molecule has 1 aromatic carbocycles. The molecule has 0 saturated heterocycles. The van der Waals surface area contributed by atoms with Gasteiger partial charge in [0.15, 0.2) is 0 Å². The summed E-state index contributed by atoms with van der Waals surface area (Å²) in [5.41, 5.74) is 1.85. The predicted molar refractivity (Wildman–Crippen MR) is 69.9 cm³/mol. The molecule has 0 saturated carbocycles. The zero-order chi connectivity index (χ0) is 13.0. The normalized spacial score (nSPS) is 10.9. The van der Waals surface area contributed by atoms with Crippen molar-refractivity contribution in [3.8, 4) is 11.4 Å². The summed E-state index contributed by atoms with van der Waals surface area (Å²) in [4.78, 5) is 1.62. The van der Waals surface area contributed by atoms with Crippen LogP contribution in [-0.4, -0.2) is 28.1 Å². The third-order valence-corrected chi connectivity index (χ3v) is 2.53. The average molecular weight is 246 g/mol. The molecule has 0 radical (unpaired) electrons. The van der Waals surface area contributed by atoms with Crippen molar-refractivity contribution in [3.05, 3.63) is 36.2 Å². The maximum atomic E-state index is 5.12. The highest BCUT2D eigenvalue weighted by Gasteiger charge is 2.03. The quantitative estimate of drug-likeness (QED) is 0.873. The molecule has 0 spiro atoms. The van der Waals surface area contributed by atoms with Crippen LogP contribution in [0.25, 0.3) is 5.69 Å². The van der Waals surface area contributed by atoms with E-state index < -0.39 is 0 Å². The molecule has 2 rings (SSSR count). The fourth-order valence-electron chi connectivity index (χ4n) is 1.52. The summed E-state index contributed by atoms with van der Waals surface area (Å²) in [5.74, 6) is 0.826. The van der Waals surface area contributed by atoms with Gasteiger partial charge in [-0.25, -0.2) is 0 Å². The first-order valence-corrected chi connectivity index (χ1v) is 5.98. The Balaban J connectivity index is 2.08. The molecule has 0 bridgehead atoms. The van der Waals surface area contributed by atoms with Gasteiger partial charge in [0.25, 0.3) is 0 Å². The monoisotopic (exact) mass is 246 g/mol. The lowest BCUT2D eigenvalue weighted by molar-refractivity contribution is 0.414. The van der Waals surface area contributed by atoms with E-state index >= 15 is 0 Å². The summed E-state index contributed by atoms with van der Waals surface area (Å²) >= 11 is 0. The van der Waals surface area contributed by atoms with E-state index in [1.165, 1.54) is 0 Å². The van der Waals surface area contributed by atoms with Gasteiger partial charge in [-0.3, -0.25) is 0 Å². The SMILES string of the molecule is COc1ccc(-n2ncc(CNC(C)C)n2)cc1. The molecule has 0 atom stereocenters. The number of nitrogens with zero attached hydrogens (tertiary/aromatic N) is 3. The Morgan fingerprint density at radius 3 is 2.61 bits per heavy atom. The first kappa shape index (κ1) is 12.6. The second-order valence-electron chi connectivity index (χ2n) is 4.36. The zero-order valence-corrected chi connectivity index (χ0v) is 10.9. The summed E-state index contributed by atoms with van der Waals surface area (Å²) in [6, 6.07) is 8.09. The molecule has 0 aliphatic carbocycles. The number of methoxy groups -OCH3 is 1. The van der Waals surface area contributed by atoms with Gasteiger partial charge in [0.2, 0.25) is 0 Å². The Kier molecular flexibility index (Phi) is 3.94. The van der Waals surface area contributed by atoms with Gasteiger partial charge in [-0.2, -0.15) is 15.0 Å². The molecule has 2 aromatic rings. The van der Waals surface area contributed by atoms with Crippen LogP contribution in [0.5, 0.6) is 5.75 Å². The molecule has 0 aliphatic heterocycles. The standard InChI is InChI=1S/C13H18N4O/c1-10(2)14-8-11-9-15-17(16-11)12-4-6-13(18-3)7-5-12/h4-7,9-10,14H,8H2,1-3H3. The van der Waals surface area contributed by atoms with Crippen LogP contribution >= 0.6 is 0 Å². The fourth-order valence-corrected chi connectivity index (χ4v) is 1.52. The Bertz CT molecular complexity index is 490. The van der Waals surface area contributed by atoms with Gasteiger partial charge >= 0.3 is 0 Å². The average Bonchev–Trinajstić information content (AvgIpc) is 2.85. The minimum Gasteiger partial charge on any atom is -0.497 e. The molecule has 1 heterocycles. The lowest BCUT2D eigenvalue weighted by Crippen LogP contribution is -2.22. The Labute approximate surface area is 107 Å². The second-order valence-corrected chi connectivity index (χ2v) is 4.36. The van der Waals surface area contributed by atoms with E-state index in [1.54, 1.807) is 18.1 Å². The third kappa shape index (κ3) is 3.07. The van der Waals surface area contributed by atoms with Gasteiger partial charge in [0.1, 0.15) is 5.75 Å². The summed E-state index contributed by atoms with van der Waals surface area (Å²) in [6.07, 6.45) is 1.78. The van der Waals surface area contributed by atoms with Gasteiger partial charge in [0.05, 0.1) is 24.7 Å². The summed E-state index contributed by atoms with van der Waals surface area (Å²) in [6.45, 7) is 4.94. The fraction of sp³-hybridized carbons (Fsp3) is 0.385. The Hall–Kier alpha value is -1.88. The molecule has 0 fully saturated rings. The van der Waals surface area contributed by atoms with Crippen molar-refractivity contribution < 1.29 is 4.74 Å². The minimum absolute atomic E-state index is 0.441. The van der Waals surface area contributed by atoms with E-state index in [4.69, 9.17) is 4.74 Å². The topological polar surface area (TPSA) is 52.0 Å². The van der Waals surface area contributed by atoms with Crippen molar-refractivity contribution in [3.63, 3.8) is 0 Å². The maximum absolute atomic E-state index is 5.12. The second kappa shape index (κ2) is 5.64. The molecule has 1 N–H and O–H groups in total. The van der Waals surface area contributed by atoms with E-state index in [2.05, 4.69) is 29.4 Å². The molecule has 5 nitrogen and oxygen atoms in total. The van der Waals surface area contributed by atoms with Crippen molar-refractivity contribution in [1.82, 2.24) is 20.3 Å². The number of benzene rings is 1. The lowest BCUT2D eigenvalue weighted by Gasteiger charge is -2.04. The van der Waals surface area contributed by atoms with Crippen molar-refractivity contribution in [1.29, 1.82) is 0 Å². The highest BCUT2D eigenvalue weighted by molar-refractivity contribution is 5.35. The number of hydrogen-bond acceptors (Lipinski definition) is 4. The van der Waals surface area contributed by atoms with Crippen molar-refractivity contribution in [2.24, 2.45) is 0 Å². The molecular weight excluding hydrogens is 228 g/mol. The third-order valence-electron chi connectivity index (χ3n) is 2.53. The molecule has 0 amide bonds. The molecule has 0 unspecified atom stereocenters. The molecule has 96 valence electrons. The van der Waals surface area contributed by atoms with Crippen LogP contribution in [0.1, 0.15) is 19.5 Å². The molecule has 18 heavy (non-hydrogen) atoms. The molecule has 1 aromatic heterocycles. The van der Waals surface area contributed by atoms with E-state index in [9.17, 15) is 0 Å². The van der Waals surface area contributed by atoms with Crippen LogP contribution in [-0.2, 0) is 6.54 Å². The summed E-state index contributed by atoms with van der Waals surface area (Å²) in [7, 11) is 1.65. The van der Waals surface area contributed by atoms with Gasteiger partial charge in [0, 0.05) is 12.6 Å². The van der Waals surface area contributed by atoms with Crippen molar-refractivity contribution in [2.45, 2.75) is 26.4 Å². The smallest absolute Gasteiger partial charge is 0.119 e. The van der Waals surface area contributed by atoms with E-state index in [-0.39, 0.29) is 0 Å². The van der Waals surface area contributed by atoms with Crippen LogP contribution in [0.15, 0.2) is 30.5 Å². The van der Waals surface area contributed by atoms with Gasteiger partial charge < -0.3 is 10.1 Å². The van der Waals surface area contributed by atoms with Crippen LogP contribution < -0.4 is 10.1 Å². The van der Waals surface area contributed by atoms with Crippen LogP contribution in [0, 0.1) is 0 Å². The first-order chi connectivity index (χ1) is 8.69. The highest BCUT2D eigenvalue weighted by atomic mass is 16.5. The largest absolute Gasteiger partial charge is 0.497 e. The van der Waals surface area contributed by atoms with Crippen LogP contribution in [0.4, 0.5) is 0 Å². The zero-order valence-electron chi connectivity index (χ0n) is 10.9. The minimum atomic E-state index is 0.441. The predicted octanol–water partition coefficient (Wildman–Crippen LogP) is 1.77. The van der Waals surface area contributed by atoms with Crippen LogP contribution in [0.3, 0.4) is 0 Å². The molecule has 5 heteroatoms. The highest BCUT2D eigenvalue weighted by Crippen LogP contribution is 2.13. The number of rotatable bonds is 5. The molecule has 0 aliphatic rings. The number of ether oxygens (including phenoxy) is 1. The van der Waals surface area contributed by atoms with Crippen molar-refractivity contribution >= 4 is 0 Å². The Morgan fingerprint density at radius 1 is 1.28 bits per heavy atom.